The topological polar surface area (TPSA) is 91.4 Å². The number of rotatable bonds is 4. The van der Waals surface area contributed by atoms with Crippen LogP contribution in [0.1, 0.15) is 56.7 Å². The highest BCUT2D eigenvalue weighted by molar-refractivity contribution is 5.72. The number of nitriles is 1. The number of anilines is 2. The molecule has 4 rings (SSSR count). The summed E-state index contributed by atoms with van der Waals surface area (Å²) in [5, 5.41) is 12.3. The summed E-state index contributed by atoms with van der Waals surface area (Å²) in [5.74, 6) is -0.686. The van der Waals surface area contributed by atoms with Gasteiger partial charge in [0, 0.05) is 12.1 Å². The van der Waals surface area contributed by atoms with Gasteiger partial charge in [0.1, 0.15) is 11.7 Å². The van der Waals surface area contributed by atoms with Crippen LogP contribution >= 0.6 is 0 Å². The second-order valence-corrected chi connectivity index (χ2v) is 8.84. The second-order valence-electron chi connectivity index (χ2n) is 8.84. The maximum absolute atomic E-state index is 14.2. The maximum Gasteiger partial charge on any atom is 0.411 e. The van der Waals surface area contributed by atoms with E-state index in [0.717, 1.165) is 31.2 Å². The van der Waals surface area contributed by atoms with Crippen molar-refractivity contribution in [3.05, 3.63) is 59.4 Å². The minimum absolute atomic E-state index is 0.0322. The van der Waals surface area contributed by atoms with Gasteiger partial charge in [-0.3, -0.25) is 4.90 Å². The van der Waals surface area contributed by atoms with E-state index in [1.807, 2.05) is 49.1 Å². The Morgan fingerprint density at radius 3 is 2.48 bits per heavy atom. The number of nitrogens with one attached hydrogen (secondary N) is 1. The molecule has 31 heavy (non-hydrogen) atoms. The monoisotopic (exact) mass is 422 g/mol. The minimum atomic E-state index is -0.686. The van der Waals surface area contributed by atoms with E-state index in [0.29, 0.717) is 5.69 Å². The summed E-state index contributed by atoms with van der Waals surface area (Å²) in [5.41, 5.74) is 6.75. The molecule has 1 amide bonds. The molecule has 0 spiro atoms. The molecule has 3 N–H and O–H groups in total. The summed E-state index contributed by atoms with van der Waals surface area (Å²) in [7, 11) is 0. The molecule has 2 aliphatic rings. The number of halogens is 1. The summed E-state index contributed by atoms with van der Waals surface area (Å²) in [6, 6.07) is 14.9. The third-order valence-corrected chi connectivity index (χ3v) is 6.36. The highest BCUT2D eigenvalue weighted by atomic mass is 19.1. The first-order valence-electron chi connectivity index (χ1n) is 10.6. The van der Waals surface area contributed by atoms with Crippen LogP contribution < -0.4 is 11.1 Å². The fraction of sp³-hybridized carbons (Fsp3) is 0.417. The van der Waals surface area contributed by atoms with E-state index in [1.165, 1.54) is 6.07 Å². The standard InChI is InChI=1S/C24H27FN4O2/c1-24(2)22(15-6-4-3-5-7-15)29(23(30)31-24)18-11-9-17(10-12-18)28-19-13-8-16(14-26)20(25)21(19)27/h3-8,13,17-18,22,28H,9-12,27H2,1-2H3. The number of cyclic esters (lactones) is 1. The molecule has 6 nitrogen and oxygen atoms in total. The van der Waals surface area contributed by atoms with Gasteiger partial charge in [0.05, 0.1) is 23.0 Å². The number of carbonyl (C=O) groups excluding carboxylic acids is 1. The Bertz CT molecular complexity index is 1010. The quantitative estimate of drug-likeness (QED) is 0.679. The zero-order valence-electron chi connectivity index (χ0n) is 17.8. The maximum atomic E-state index is 14.2. The van der Waals surface area contributed by atoms with Gasteiger partial charge in [-0.15, -0.1) is 0 Å². The summed E-state index contributed by atoms with van der Waals surface area (Å²) in [6.45, 7) is 3.91. The molecule has 1 atom stereocenters. The van der Waals surface area contributed by atoms with Gasteiger partial charge in [0.15, 0.2) is 5.82 Å². The number of ether oxygens (including phenoxy) is 1. The number of hydrogen-bond donors (Lipinski definition) is 2. The van der Waals surface area contributed by atoms with Crippen LogP contribution in [0.2, 0.25) is 0 Å². The molecule has 1 aliphatic heterocycles. The van der Waals surface area contributed by atoms with Crippen LogP contribution in [0.15, 0.2) is 42.5 Å². The molecule has 1 heterocycles. The van der Waals surface area contributed by atoms with Crippen LogP contribution in [0.25, 0.3) is 0 Å². The van der Waals surface area contributed by atoms with Crippen molar-refractivity contribution in [1.29, 1.82) is 5.26 Å². The Morgan fingerprint density at radius 2 is 1.84 bits per heavy atom. The van der Waals surface area contributed by atoms with Crippen molar-refractivity contribution in [3.63, 3.8) is 0 Å². The molecule has 2 aromatic rings. The lowest BCUT2D eigenvalue weighted by atomic mass is 9.86. The number of nitrogen functional groups attached to an aromatic ring is 1. The molecule has 1 saturated carbocycles. The van der Waals surface area contributed by atoms with Gasteiger partial charge in [-0.1, -0.05) is 30.3 Å². The van der Waals surface area contributed by atoms with Gasteiger partial charge in [-0.25, -0.2) is 9.18 Å². The van der Waals surface area contributed by atoms with E-state index in [1.54, 1.807) is 12.1 Å². The predicted molar refractivity (Wildman–Crippen MR) is 117 cm³/mol. The molecule has 2 fully saturated rings. The largest absolute Gasteiger partial charge is 0.441 e. The zero-order valence-corrected chi connectivity index (χ0v) is 17.8. The summed E-state index contributed by atoms with van der Waals surface area (Å²) in [6.07, 6.45) is 2.98. The van der Waals surface area contributed by atoms with E-state index in [9.17, 15) is 9.18 Å². The normalized spacial score (nSPS) is 25.0. The second kappa shape index (κ2) is 8.10. The van der Waals surface area contributed by atoms with Crippen molar-refractivity contribution < 1.29 is 13.9 Å². The molecular formula is C24H27FN4O2. The van der Waals surface area contributed by atoms with Crippen molar-refractivity contribution in [2.75, 3.05) is 11.1 Å². The first kappa shape index (κ1) is 21.0. The van der Waals surface area contributed by atoms with Crippen LogP contribution in [0.5, 0.6) is 0 Å². The molecule has 2 aromatic carbocycles. The number of nitrogens with zero attached hydrogens (tertiary/aromatic N) is 2. The van der Waals surface area contributed by atoms with Crippen LogP contribution in [0.3, 0.4) is 0 Å². The average molecular weight is 423 g/mol. The molecule has 0 aromatic heterocycles. The number of nitrogens with two attached hydrogens (primary N) is 1. The van der Waals surface area contributed by atoms with Gasteiger partial charge < -0.3 is 15.8 Å². The molecule has 1 unspecified atom stereocenters. The molecule has 0 radical (unpaired) electrons. The third-order valence-electron chi connectivity index (χ3n) is 6.36. The lowest BCUT2D eigenvalue weighted by Gasteiger charge is -2.38. The molecular weight excluding hydrogens is 395 g/mol. The van der Waals surface area contributed by atoms with Gasteiger partial charge in [-0.05, 0) is 57.2 Å². The Hall–Kier alpha value is -3.27. The Labute approximate surface area is 181 Å². The van der Waals surface area contributed by atoms with E-state index >= 15 is 0 Å². The van der Waals surface area contributed by atoms with Gasteiger partial charge in [0.2, 0.25) is 0 Å². The number of hydrogen-bond acceptors (Lipinski definition) is 5. The van der Waals surface area contributed by atoms with Gasteiger partial charge in [0.25, 0.3) is 0 Å². The third kappa shape index (κ3) is 3.90. The van der Waals surface area contributed by atoms with Gasteiger partial charge in [-0.2, -0.15) is 5.26 Å². The first-order chi connectivity index (χ1) is 14.8. The molecule has 0 bridgehead atoms. The van der Waals surface area contributed by atoms with E-state index in [4.69, 9.17) is 15.7 Å². The van der Waals surface area contributed by atoms with Crippen molar-refractivity contribution in [2.24, 2.45) is 0 Å². The summed E-state index contributed by atoms with van der Waals surface area (Å²) >= 11 is 0. The molecule has 1 saturated heterocycles. The summed E-state index contributed by atoms with van der Waals surface area (Å²) in [4.78, 5) is 14.7. The SMILES string of the molecule is CC1(C)OC(=O)N(C2CCC(Nc3ccc(C#N)c(F)c3N)CC2)C1c1ccccc1. The molecule has 7 heteroatoms. The minimum Gasteiger partial charge on any atom is -0.441 e. The summed E-state index contributed by atoms with van der Waals surface area (Å²) < 4.78 is 19.9. The van der Waals surface area contributed by atoms with E-state index in [2.05, 4.69) is 5.32 Å². The Balaban J connectivity index is 1.46. The van der Waals surface area contributed by atoms with Gasteiger partial charge >= 0.3 is 6.09 Å². The predicted octanol–water partition coefficient (Wildman–Crippen LogP) is 4.97. The van der Waals surface area contributed by atoms with Crippen molar-refractivity contribution >= 4 is 17.5 Å². The van der Waals surface area contributed by atoms with Crippen LogP contribution in [-0.2, 0) is 4.74 Å². The number of amides is 1. The fourth-order valence-electron chi connectivity index (χ4n) is 4.85. The lowest BCUT2D eigenvalue weighted by Crippen LogP contribution is -2.44. The van der Waals surface area contributed by atoms with Crippen LogP contribution in [-0.4, -0.2) is 28.7 Å². The number of carbonyl (C=O) groups is 1. The van der Waals surface area contributed by atoms with Crippen molar-refractivity contribution in [3.8, 4) is 6.07 Å². The highest BCUT2D eigenvalue weighted by Gasteiger charge is 2.51. The van der Waals surface area contributed by atoms with Crippen LogP contribution in [0.4, 0.5) is 20.6 Å². The Morgan fingerprint density at radius 1 is 1.16 bits per heavy atom. The van der Waals surface area contributed by atoms with Crippen molar-refractivity contribution in [2.45, 2.75) is 63.3 Å². The average Bonchev–Trinajstić information content (AvgIpc) is 3.01. The first-order valence-corrected chi connectivity index (χ1v) is 10.6. The molecule has 1 aliphatic carbocycles. The zero-order chi connectivity index (χ0) is 22.2. The molecule has 162 valence electrons. The van der Waals surface area contributed by atoms with E-state index < -0.39 is 11.4 Å². The highest BCUT2D eigenvalue weighted by Crippen LogP contribution is 2.44. The smallest absolute Gasteiger partial charge is 0.411 e. The van der Waals surface area contributed by atoms with Crippen LogP contribution in [0, 0.1) is 17.1 Å². The number of benzene rings is 2. The van der Waals surface area contributed by atoms with E-state index in [-0.39, 0.29) is 35.5 Å². The Kier molecular flexibility index (Phi) is 5.48. The lowest BCUT2D eigenvalue weighted by molar-refractivity contribution is 0.0664. The van der Waals surface area contributed by atoms with Crippen molar-refractivity contribution in [1.82, 2.24) is 4.90 Å². The fourth-order valence-corrected chi connectivity index (χ4v) is 4.85.